The highest BCUT2D eigenvalue weighted by atomic mass is 16.6. The predicted octanol–water partition coefficient (Wildman–Crippen LogP) is 2.70. The van der Waals surface area contributed by atoms with Gasteiger partial charge in [0.1, 0.15) is 23.9 Å². The summed E-state index contributed by atoms with van der Waals surface area (Å²) >= 11 is 0. The van der Waals surface area contributed by atoms with Crippen LogP contribution in [0.3, 0.4) is 0 Å². The molecule has 7 heteroatoms. The average molecular weight is 362 g/mol. The van der Waals surface area contributed by atoms with Crippen LogP contribution in [0.1, 0.15) is 0 Å². The number of methoxy groups -OCH3 is 1. The second-order valence-electron chi connectivity index (χ2n) is 5.44. The minimum Gasteiger partial charge on any atom is -0.491 e. The monoisotopic (exact) mass is 362 g/mol. The molecule has 2 rings (SSSR count). The molecule has 2 aromatic carbocycles. The van der Waals surface area contributed by atoms with Crippen molar-refractivity contribution in [2.24, 2.45) is 0 Å². The highest BCUT2D eigenvalue weighted by molar-refractivity contribution is 5.61. The molecule has 0 radical (unpaired) electrons. The van der Waals surface area contributed by atoms with Crippen LogP contribution in [0.25, 0.3) is 0 Å². The van der Waals surface area contributed by atoms with Crippen LogP contribution < -0.4 is 20.9 Å². The maximum absolute atomic E-state index is 5.88. The number of ether oxygens (including phenoxy) is 5. The highest BCUT2D eigenvalue weighted by Gasteiger charge is 2.03. The molecule has 0 aliphatic heterocycles. The summed E-state index contributed by atoms with van der Waals surface area (Å²) in [5.41, 5.74) is 12.6. The van der Waals surface area contributed by atoms with Crippen LogP contribution in [0.2, 0.25) is 0 Å². The number of benzene rings is 2. The Morgan fingerprint density at radius 1 is 0.731 bits per heavy atom. The third-order valence-corrected chi connectivity index (χ3v) is 3.39. The first-order chi connectivity index (χ1) is 12.7. The molecule has 4 N–H and O–H groups in total. The fourth-order valence-corrected chi connectivity index (χ4v) is 2.07. The standard InChI is InChI=1S/C19H26N2O5/c1-22-8-9-23-10-11-24-12-13-25-16-3-5-17(6-4-16)26-19-7-2-15(20)14-18(19)21/h2-7,14H,8-13,20-21H2,1H3. The number of nitrogen functional groups attached to an aromatic ring is 2. The van der Waals surface area contributed by atoms with Gasteiger partial charge in [-0.25, -0.2) is 0 Å². The quantitative estimate of drug-likeness (QED) is 0.442. The van der Waals surface area contributed by atoms with E-state index < -0.39 is 0 Å². The van der Waals surface area contributed by atoms with E-state index in [-0.39, 0.29) is 0 Å². The first kappa shape index (κ1) is 19.8. The molecule has 0 atom stereocenters. The lowest BCUT2D eigenvalue weighted by Gasteiger charge is -2.10. The van der Waals surface area contributed by atoms with Gasteiger partial charge in [0.25, 0.3) is 0 Å². The van der Waals surface area contributed by atoms with Gasteiger partial charge in [-0.2, -0.15) is 0 Å². The van der Waals surface area contributed by atoms with Crippen LogP contribution >= 0.6 is 0 Å². The summed E-state index contributed by atoms with van der Waals surface area (Å²) in [6, 6.07) is 12.4. The lowest BCUT2D eigenvalue weighted by atomic mass is 10.2. The molecule has 0 aliphatic rings. The molecule has 26 heavy (non-hydrogen) atoms. The van der Waals surface area contributed by atoms with Crippen molar-refractivity contribution in [2.45, 2.75) is 0 Å². The van der Waals surface area contributed by atoms with Crippen molar-refractivity contribution < 1.29 is 23.7 Å². The molecule has 0 saturated carbocycles. The number of hydrogen-bond acceptors (Lipinski definition) is 7. The van der Waals surface area contributed by atoms with Crippen molar-refractivity contribution in [3.63, 3.8) is 0 Å². The Kier molecular flexibility index (Phi) is 8.54. The number of hydrogen-bond donors (Lipinski definition) is 2. The maximum atomic E-state index is 5.88. The van der Waals surface area contributed by atoms with Crippen LogP contribution in [-0.4, -0.2) is 46.8 Å². The van der Waals surface area contributed by atoms with Crippen LogP contribution in [0.4, 0.5) is 11.4 Å². The normalized spacial score (nSPS) is 10.7. The Bertz CT molecular complexity index is 649. The Labute approximate surface area is 153 Å². The zero-order valence-electron chi connectivity index (χ0n) is 15.0. The van der Waals surface area contributed by atoms with Gasteiger partial charge in [-0.15, -0.1) is 0 Å². The molecule has 0 aliphatic carbocycles. The molecule has 0 spiro atoms. The van der Waals surface area contributed by atoms with E-state index in [4.69, 9.17) is 35.2 Å². The lowest BCUT2D eigenvalue weighted by Crippen LogP contribution is -2.12. The van der Waals surface area contributed by atoms with Gasteiger partial charge in [0, 0.05) is 12.8 Å². The van der Waals surface area contributed by atoms with Crippen LogP contribution in [-0.2, 0) is 14.2 Å². The van der Waals surface area contributed by atoms with Gasteiger partial charge >= 0.3 is 0 Å². The van der Waals surface area contributed by atoms with Crippen LogP contribution in [0, 0.1) is 0 Å². The van der Waals surface area contributed by atoms with E-state index in [0.717, 1.165) is 5.75 Å². The van der Waals surface area contributed by atoms with Crippen molar-refractivity contribution in [1.82, 2.24) is 0 Å². The SMILES string of the molecule is COCCOCCOCCOc1ccc(Oc2ccc(N)cc2N)cc1. The molecular formula is C19H26N2O5. The van der Waals surface area contributed by atoms with Crippen molar-refractivity contribution >= 4 is 11.4 Å². The topological polar surface area (TPSA) is 98.2 Å². The van der Waals surface area contributed by atoms with Crippen molar-refractivity contribution in [3.05, 3.63) is 42.5 Å². The van der Waals surface area contributed by atoms with E-state index in [1.165, 1.54) is 0 Å². The van der Waals surface area contributed by atoms with Crippen molar-refractivity contribution in [3.8, 4) is 17.2 Å². The molecule has 0 heterocycles. The Balaban J connectivity index is 1.64. The fraction of sp³-hybridized carbons (Fsp3) is 0.368. The van der Waals surface area contributed by atoms with Gasteiger partial charge in [0.15, 0.2) is 0 Å². The van der Waals surface area contributed by atoms with E-state index in [2.05, 4.69) is 0 Å². The molecule has 0 unspecified atom stereocenters. The number of anilines is 2. The molecule has 0 amide bonds. The molecule has 0 fully saturated rings. The zero-order valence-corrected chi connectivity index (χ0v) is 15.0. The van der Waals surface area contributed by atoms with Crippen LogP contribution in [0.5, 0.6) is 17.2 Å². The average Bonchev–Trinajstić information content (AvgIpc) is 2.64. The van der Waals surface area contributed by atoms with E-state index in [0.29, 0.717) is 62.5 Å². The summed E-state index contributed by atoms with van der Waals surface area (Å²) in [6.07, 6.45) is 0. The van der Waals surface area contributed by atoms with E-state index in [1.54, 1.807) is 25.3 Å². The molecule has 142 valence electrons. The van der Waals surface area contributed by atoms with Gasteiger partial charge in [-0.3, -0.25) is 0 Å². The predicted molar refractivity (Wildman–Crippen MR) is 101 cm³/mol. The van der Waals surface area contributed by atoms with Gasteiger partial charge in [-0.1, -0.05) is 0 Å². The summed E-state index contributed by atoms with van der Waals surface area (Å²) in [5, 5.41) is 0. The highest BCUT2D eigenvalue weighted by Crippen LogP contribution is 2.29. The first-order valence-electron chi connectivity index (χ1n) is 8.39. The van der Waals surface area contributed by atoms with E-state index in [1.807, 2.05) is 24.3 Å². The van der Waals surface area contributed by atoms with Gasteiger partial charge in [0.2, 0.25) is 0 Å². The molecule has 7 nitrogen and oxygen atoms in total. The second kappa shape index (κ2) is 11.2. The summed E-state index contributed by atoms with van der Waals surface area (Å²) in [6.45, 7) is 3.20. The number of nitrogens with two attached hydrogens (primary N) is 2. The minimum absolute atomic E-state index is 0.461. The van der Waals surface area contributed by atoms with Crippen molar-refractivity contribution in [2.75, 3.05) is 58.2 Å². The minimum atomic E-state index is 0.461. The molecular weight excluding hydrogens is 336 g/mol. The van der Waals surface area contributed by atoms with Crippen LogP contribution in [0.15, 0.2) is 42.5 Å². The van der Waals surface area contributed by atoms with Crippen molar-refractivity contribution in [1.29, 1.82) is 0 Å². The number of rotatable bonds is 12. The van der Waals surface area contributed by atoms with Gasteiger partial charge in [-0.05, 0) is 42.5 Å². The third-order valence-electron chi connectivity index (χ3n) is 3.39. The van der Waals surface area contributed by atoms with E-state index in [9.17, 15) is 0 Å². The van der Waals surface area contributed by atoms with Gasteiger partial charge < -0.3 is 35.2 Å². The Hall–Kier alpha value is -2.48. The summed E-state index contributed by atoms with van der Waals surface area (Å²) in [4.78, 5) is 0. The first-order valence-corrected chi connectivity index (χ1v) is 8.39. The largest absolute Gasteiger partial charge is 0.491 e. The summed E-state index contributed by atoms with van der Waals surface area (Å²) < 4.78 is 26.9. The summed E-state index contributed by atoms with van der Waals surface area (Å²) in [5.74, 6) is 1.97. The molecule has 0 bridgehead atoms. The molecule has 0 saturated heterocycles. The third kappa shape index (κ3) is 7.18. The lowest BCUT2D eigenvalue weighted by molar-refractivity contribution is 0.0180. The Morgan fingerprint density at radius 2 is 1.35 bits per heavy atom. The molecule has 0 aromatic heterocycles. The second-order valence-corrected chi connectivity index (χ2v) is 5.44. The van der Waals surface area contributed by atoms with E-state index >= 15 is 0 Å². The smallest absolute Gasteiger partial charge is 0.150 e. The fourth-order valence-electron chi connectivity index (χ4n) is 2.07. The maximum Gasteiger partial charge on any atom is 0.150 e. The molecule has 2 aromatic rings. The summed E-state index contributed by atoms with van der Waals surface area (Å²) in [7, 11) is 1.64. The zero-order chi connectivity index (χ0) is 18.6. The van der Waals surface area contributed by atoms with Gasteiger partial charge in [0.05, 0.1) is 38.7 Å². The Morgan fingerprint density at radius 3 is 2.00 bits per heavy atom.